The van der Waals surface area contributed by atoms with Crippen molar-refractivity contribution in [3.05, 3.63) is 87.9 Å². The summed E-state index contributed by atoms with van der Waals surface area (Å²) in [6.45, 7) is 8.64. The zero-order valence-electron chi connectivity index (χ0n) is 23.2. The summed E-state index contributed by atoms with van der Waals surface area (Å²) in [6.07, 6.45) is 1.22. The number of amides is 1. The lowest BCUT2D eigenvalue weighted by Crippen LogP contribution is -2.41. The van der Waals surface area contributed by atoms with Crippen molar-refractivity contribution >= 4 is 35.0 Å². The van der Waals surface area contributed by atoms with E-state index in [4.69, 9.17) is 21.1 Å². The van der Waals surface area contributed by atoms with Gasteiger partial charge in [-0.3, -0.25) is 9.69 Å². The molecule has 2 aliphatic rings. The molecule has 0 aromatic heterocycles. The minimum Gasteiger partial charge on any atom is -0.493 e. The Labute approximate surface area is 241 Å². The molecule has 5 nitrogen and oxygen atoms in total. The topological polar surface area (TPSA) is 42.0 Å². The van der Waals surface area contributed by atoms with E-state index in [9.17, 15) is 4.79 Å². The van der Waals surface area contributed by atoms with Gasteiger partial charge in [0.15, 0.2) is 11.5 Å². The number of benzene rings is 3. The summed E-state index contributed by atoms with van der Waals surface area (Å²) in [7, 11) is 1.64. The number of hydrogen-bond acceptors (Lipinski definition) is 5. The second kappa shape index (κ2) is 12.2. The van der Waals surface area contributed by atoms with Gasteiger partial charge in [-0.25, -0.2) is 0 Å². The van der Waals surface area contributed by atoms with Crippen LogP contribution in [0, 0.1) is 0 Å². The largest absolute Gasteiger partial charge is 0.493 e. The van der Waals surface area contributed by atoms with Crippen molar-refractivity contribution in [2.75, 3.05) is 36.6 Å². The van der Waals surface area contributed by atoms with Crippen LogP contribution in [0.5, 0.6) is 11.5 Å². The molecule has 3 atom stereocenters. The fraction of sp³-hybridized carbons (Fsp3) is 0.406. The number of carbonyl (C=O) groups is 1. The Hall–Kier alpha value is -2.67. The maximum Gasteiger partial charge on any atom is 0.232 e. The Morgan fingerprint density at radius 2 is 1.69 bits per heavy atom. The van der Waals surface area contributed by atoms with Gasteiger partial charge < -0.3 is 14.4 Å². The molecule has 2 heterocycles. The SMILES string of the molecule is CC[C@@H](C)Oc1cc2c(cc1OC)CC(=O)N(c1ccc(C(C)N3CCSCC3)cc1)C2c1ccc(Cl)cc1. The molecule has 0 bridgehead atoms. The minimum absolute atomic E-state index is 0.0419. The van der Waals surface area contributed by atoms with E-state index in [1.54, 1.807) is 7.11 Å². The van der Waals surface area contributed by atoms with Gasteiger partial charge >= 0.3 is 0 Å². The van der Waals surface area contributed by atoms with Crippen molar-refractivity contribution in [1.82, 2.24) is 4.90 Å². The molecule has 39 heavy (non-hydrogen) atoms. The smallest absolute Gasteiger partial charge is 0.232 e. The van der Waals surface area contributed by atoms with Crippen molar-refractivity contribution in [3.63, 3.8) is 0 Å². The van der Waals surface area contributed by atoms with Crippen LogP contribution in [0.2, 0.25) is 5.02 Å². The number of nitrogens with zero attached hydrogens (tertiary/aromatic N) is 2. The van der Waals surface area contributed by atoms with Gasteiger partial charge in [-0.2, -0.15) is 11.8 Å². The molecular weight excluding hydrogens is 528 g/mol. The van der Waals surface area contributed by atoms with Gasteiger partial charge in [0.2, 0.25) is 5.91 Å². The first-order valence-electron chi connectivity index (χ1n) is 13.8. The maximum atomic E-state index is 13.8. The highest BCUT2D eigenvalue weighted by atomic mass is 35.5. The molecule has 0 N–H and O–H groups in total. The number of hydrogen-bond donors (Lipinski definition) is 0. The van der Waals surface area contributed by atoms with Crippen LogP contribution < -0.4 is 14.4 Å². The van der Waals surface area contributed by atoms with Gasteiger partial charge in [-0.1, -0.05) is 42.8 Å². The van der Waals surface area contributed by atoms with E-state index in [1.807, 2.05) is 47.0 Å². The predicted octanol–water partition coefficient (Wildman–Crippen LogP) is 7.31. The van der Waals surface area contributed by atoms with E-state index in [2.05, 4.69) is 56.0 Å². The molecule has 0 saturated carbocycles. The summed E-state index contributed by atoms with van der Waals surface area (Å²) in [5, 5.41) is 0.664. The van der Waals surface area contributed by atoms with E-state index in [0.29, 0.717) is 29.0 Å². The van der Waals surface area contributed by atoms with Crippen molar-refractivity contribution in [1.29, 1.82) is 0 Å². The van der Waals surface area contributed by atoms with Gasteiger partial charge in [0.25, 0.3) is 0 Å². The quantitative estimate of drug-likeness (QED) is 0.287. The van der Waals surface area contributed by atoms with Crippen molar-refractivity contribution < 1.29 is 14.3 Å². The molecule has 3 aromatic rings. The summed E-state index contributed by atoms with van der Waals surface area (Å²) in [5.74, 6) is 3.76. The molecule has 5 rings (SSSR count). The van der Waals surface area contributed by atoms with Crippen LogP contribution in [0.3, 0.4) is 0 Å². The molecule has 0 aliphatic carbocycles. The summed E-state index contributed by atoms with van der Waals surface area (Å²) >= 11 is 8.28. The van der Waals surface area contributed by atoms with Crippen LogP contribution in [0.1, 0.15) is 61.5 Å². The lowest BCUT2D eigenvalue weighted by molar-refractivity contribution is -0.118. The van der Waals surface area contributed by atoms with Crippen LogP contribution in [0.4, 0.5) is 5.69 Å². The highest BCUT2D eigenvalue weighted by Crippen LogP contribution is 2.44. The number of methoxy groups -OCH3 is 1. The number of rotatable bonds is 8. The van der Waals surface area contributed by atoms with Gasteiger partial charge in [0.1, 0.15) is 0 Å². The summed E-state index contributed by atoms with van der Waals surface area (Å²) in [6, 6.07) is 20.4. The Kier molecular flexibility index (Phi) is 8.75. The van der Waals surface area contributed by atoms with Crippen LogP contribution in [-0.2, 0) is 11.2 Å². The molecule has 0 spiro atoms. The van der Waals surface area contributed by atoms with E-state index in [1.165, 1.54) is 17.1 Å². The fourth-order valence-electron chi connectivity index (χ4n) is 5.46. The second-order valence-electron chi connectivity index (χ2n) is 10.3. The van der Waals surface area contributed by atoms with Gasteiger partial charge in [-0.05, 0) is 78.9 Å². The predicted molar refractivity (Wildman–Crippen MR) is 162 cm³/mol. The van der Waals surface area contributed by atoms with Gasteiger partial charge in [-0.15, -0.1) is 0 Å². The highest BCUT2D eigenvalue weighted by Gasteiger charge is 2.36. The van der Waals surface area contributed by atoms with E-state index in [0.717, 1.165) is 41.9 Å². The first kappa shape index (κ1) is 27.9. The zero-order valence-corrected chi connectivity index (χ0v) is 24.7. The maximum absolute atomic E-state index is 13.8. The molecule has 1 fully saturated rings. The average Bonchev–Trinajstić information content (AvgIpc) is 2.97. The Morgan fingerprint density at radius 3 is 2.33 bits per heavy atom. The Bertz CT molecular complexity index is 1290. The molecule has 2 aliphatic heterocycles. The normalized spacial score (nSPS) is 19.4. The zero-order chi connectivity index (χ0) is 27.5. The molecule has 7 heteroatoms. The number of fused-ring (bicyclic) bond motifs is 1. The van der Waals surface area contributed by atoms with Crippen LogP contribution >= 0.6 is 23.4 Å². The molecule has 1 saturated heterocycles. The van der Waals surface area contributed by atoms with E-state index < -0.39 is 0 Å². The fourth-order valence-corrected chi connectivity index (χ4v) is 6.52. The summed E-state index contributed by atoms with van der Waals surface area (Å²) in [5.41, 5.74) is 5.15. The number of anilines is 1. The molecule has 2 unspecified atom stereocenters. The number of halogens is 1. The number of carbonyl (C=O) groups excluding carboxylic acids is 1. The first-order chi connectivity index (χ1) is 18.9. The van der Waals surface area contributed by atoms with Gasteiger partial charge in [0.05, 0.1) is 25.7 Å². The Balaban J connectivity index is 1.56. The standard InChI is InChI=1S/C32H37ClN2O3S/c1-5-21(2)38-30-20-28-25(18-29(30)37-4)19-31(36)35(32(28)24-6-10-26(33)11-7-24)27-12-8-23(9-13-27)22(3)34-14-16-39-17-15-34/h6-13,18,20-22,32H,5,14-17,19H2,1-4H3/t21-,22?,32?/m1/s1. The molecular formula is C32H37ClN2O3S. The first-order valence-corrected chi connectivity index (χ1v) is 15.3. The third-order valence-corrected chi connectivity index (χ3v) is 9.12. The van der Waals surface area contributed by atoms with Gasteiger partial charge in [0, 0.05) is 41.3 Å². The molecule has 3 aromatic carbocycles. The second-order valence-corrected chi connectivity index (χ2v) is 12.0. The molecule has 206 valence electrons. The lowest BCUT2D eigenvalue weighted by Gasteiger charge is -2.38. The monoisotopic (exact) mass is 564 g/mol. The van der Waals surface area contributed by atoms with Crippen LogP contribution in [-0.4, -0.2) is 48.6 Å². The Morgan fingerprint density at radius 1 is 1.00 bits per heavy atom. The molecule has 0 radical (unpaired) electrons. The number of thioether (sulfide) groups is 1. The third kappa shape index (κ3) is 5.93. The summed E-state index contributed by atoms with van der Waals surface area (Å²) < 4.78 is 11.9. The average molecular weight is 565 g/mol. The van der Waals surface area contributed by atoms with Crippen molar-refractivity contribution in [2.45, 2.75) is 51.8 Å². The van der Waals surface area contributed by atoms with Crippen molar-refractivity contribution in [2.24, 2.45) is 0 Å². The highest BCUT2D eigenvalue weighted by molar-refractivity contribution is 7.99. The summed E-state index contributed by atoms with van der Waals surface area (Å²) in [4.78, 5) is 18.3. The van der Waals surface area contributed by atoms with E-state index in [-0.39, 0.29) is 18.1 Å². The number of ether oxygens (including phenoxy) is 2. The third-order valence-electron chi connectivity index (χ3n) is 7.92. The molecule has 1 amide bonds. The van der Waals surface area contributed by atoms with E-state index >= 15 is 0 Å². The minimum atomic E-state index is -0.314. The van der Waals surface area contributed by atoms with Crippen LogP contribution in [0.15, 0.2) is 60.7 Å². The lowest BCUT2D eigenvalue weighted by atomic mass is 9.86. The van der Waals surface area contributed by atoms with Crippen molar-refractivity contribution in [3.8, 4) is 11.5 Å². The van der Waals surface area contributed by atoms with Crippen LogP contribution in [0.25, 0.3) is 0 Å².